The van der Waals surface area contributed by atoms with Gasteiger partial charge in [-0.25, -0.2) is 0 Å². The molecule has 1 aliphatic carbocycles. The number of hydrogen-bond acceptors (Lipinski definition) is 4. The van der Waals surface area contributed by atoms with Crippen LogP contribution < -0.4 is 4.74 Å². The molecule has 5 heteroatoms. The average Bonchev–Trinajstić information content (AvgIpc) is 3.27. The summed E-state index contributed by atoms with van der Waals surface area (Å²) < 4.78 is 6.08. The largest absolute Gasteiger partial charge is 0.493 e. The molecule has 1 aliphatic heterocycles. The minimum absolute atomic E-state index is 0.0706. The molecule has 0 bridgehead atoms. The number of hydrogen-bond donors (Lipinski definition) is 0. The van der Waals surface area contributed by atoms with Crippen LogP contribution in [0.2, 0.25) is 0 Å². The van der Waals surface area contributed by atoms with Crippen LogP contribution in [0.15, 0.2) is 72.8 Å². The Kier molecular flexibility index (Phi) is 7.69. The summed E-state index contributed by atoms with van der Waals surface area (Å²) in [6.45, 7) is 11.2. The quantitative estimate of drug-likeness (QED) is 0.386. The van der Waals surface area contributed by atoms with E-state index in [1.807, 2.05) is 29.2 Å². The van der Waals surface area contributed by atoms with Crippen LogP contribution >= 0.6 is 0 Å². The van der Waals surface area contributed by atoms with Gasteiger partial charge >= 0.3 is 0 Å². The zero-order valence-electron chi connectivity index (χ0n) is 21.5. The van der Waals surface area contributed by atoms with Gasteiger partial charge in [-0.3, -0.25) is 9.69 Å². The van der Waals surface area contributed by atoms with Crippen molar-refractivity contribution in [3.05, 3.63) is 89.5 Å². The lowest BCUT2D eigenvalue weighted by Gasteiger charge is -2.39. The fourth-order valence-corrected chi connectivity index (χ4v) is 5.66. The maximum atomic E-state index is 13.5. The highest BCUT2D eigenvalue weighted by atomic mass is 16.5. The Morgan fingerprint density at radius 1 is 0.833 bits per heavy atom. The Balaban J connectivity index is 1.23. The molecule has 0 spiro atoms. The van der Waals surface area contributed by atoms with Gasteiger partial charge in [0.2, 0.25) is 0 Å². The lowest BCUT2D eigenvalue weighted by Crippen LogP contribution is -2.49. The Hall–Kier alpha value is -3.15. The van der Waals surface area contributed by atoms with Crippen molar-refractivity contribution in [2.45, 2.75) is 26.3 Å². The molecule has 0 N–H and O–H groups in total. The van der Waals surface area contributed by atoms with E-state index in [1.54, 1.807) is 0 Å². The van der Waals surface area contributed by atoms with Crippen molar-refractivity contribution >= 4 is 5.91 Å². The summed E-state index contributed by atoms with van der Waals surface area (Å²) in [7, 11) is 0. The molecule has 3 aromatic carbocycles. The van der Waals surface area contributed by atoms with E-state index in [9.17, 15) is 4.79 Å². The van der Waals surface area contributed by atoms with E-state index in [2.05, 4.69) is 72.2 Å². The number of piperazine rings is 1. The molecule has 1 fully saturated rings. The molecule has 0 saturated carbocycles. The van der Waals surface area contributed by atoms with E-state index in [0.717, 1.165) is 52.2 Å². The van der Waals surface area contributed by atoms with Crippen molar-refractivity contribution in [1.82, 2.24) is 14.7 Å². The van der Waals surface area contributed by atoms with Crippen LogP contribution in [-0.4, -0.2) is 73.0 Å². The summed E-state index contributed by atoms with van der Waals surface area (Å²) in [5.74, 6) is 0.768. The molecule has 0 atom stereocenters. The van der Waals surface area contributed by atoms with Gasteiger partial charge in [0.25, 0.3) is 5.91 Å². The SMILES string of the molecule is CCN(CC)CCCOc1ccccc1C(=O)N1CCN(C2c3ccccc3-c3ccccc32)CC1. The first-order chi connectivity index (χ1) is 17.7. The van der Waals surface area contributed by atoms with Crippen LogP contribution in [0.1, 0.15) is 47.8 Å². The monoisotopic (exact) mass is 483 g/mol. The molecule has 1 heterocycles. The Morgan fingerprint density at radius 3 is 2.06 bits per heavy atom. The predicted octanol–water partition coefficient (Wildman–Crippen LogP) is 5.33. The van der Waals surface area contributed by atoms with Crippen LogP contribution in [0, 0.1) is 0 Å². The summed E-state index contributed by atoms with van der Waals surface area (Å²) >= 11 is 0. The number of carbonyl (C=O) groups is 1. The van der Waals surface area contributed by atoms with Gasteiger partial charge in [-0.1, -0.05) is 74.5 Å². The van der Waals surface area contributed by atoms with Gasteiger partial charge in [-0.2, -0.15) is 0 Å². The summed E-state index contributed by atoms with van der Waals surface area (Å²) in [4.78, 5) is 20.4. The third-order valence-corrected chi connectivity index (χ3v) is 7.66. The average molecular weight is 484 g/mol. The van der Waals surface area contributed by atoms with Crippen LogP contribution in [0.25, 0.3) is 11.1 Å². The highest BCUT2D eigenvalue weighted by Gasteiger charge is 2.35. The molecule has 5 rings (SSSR count). The lowest BCUT2D eigenvalue weighted by atomic mass is 10.0. The van der Waals surface area contributed by atoms with Crippen molar-refractivity contribution < 1.29 is 9.53 Å². The summed E-state index contributed by atoms with van der Waals surface area (Å²) in [5.41, 5.74) is 6.10. The predicted molar refractivity (Wildman–Crippen MR) is 146 cm³/mol. The second-order valence-corrected chi connectivity index (χ2v) is 9.63. The van der Waals surface area contributed by atoms with Crippen LogP contribution in [-0.2, 0) is 0 Å². The van der Waals surface area contributed by atoms with E-state index >= 15 is 0 Å². The number of carbonyl (C=O) groups excluding carboxylic acids is 1. The number of amides is 1. The topological polar surface area (TPSA) is 36.0 Å². The van der Waals surface area contributed by atoms with Crippen LogP contribution in [0.3, 0.4) is 0 Å². The second kappa shape index (κ2) is 11.3. The van der Waals surface area contributed by atoms with Crippen LogP contribution in [0.4, 0.5) is 0 Å². The van der Waals surface area contributed by atoms with E-state index in [0.29, 0.717) is 17.9 Å². The molecule has 2 aliphatic rings. The molecule has 188 valence electrons. The smallest absolute Gasteiger partial charge is 0.257 e. The Labute approximate surface area is 215 Å². The minimum Gasteiger partial charge on any atom is -0.493 e. The van der Waals surface area contributed by atoms with E-state index < -0.39 is 0 Å². The van der Waals surface area contributed by atoms with Crippen molar-refractivity contribution in [2.24, 2.45) is 0 Å². The Morgan fingerprint density at radius 2 is 1.42 bits per heavy atom. The second-order valence-electron chi connectivity index (χ2n) is 9.63. The number of benzene rings is 3. The third kappa shape index (κ3) is 4.91. The molecule has 1 saturated heterocycles. The van der Waals surface area contributed by atoms with Gasteiger partial charge in [0, 0.05) is 32.7 Å². The van der Waals surface area contributed by atoms with E-state index in [1.165, 1.54) is 22.3 Å². The first-order valence-electron chi connectivity index (χ1n) is 13.4. The molecular formula is C31H37N3O2. The molecule has 0 aromatic heterocycles. The van der Waals surface area contributed by atoms with Gasteiger partial charge in [-0.15, -0.1) is 0 Å². The normalized spacial score (nSPS) is 15.7. The molecule has 3 aromatic rings. The molecule has 1 amide bonds. The number of nitrogens with zero attached hydrogens (tertiary/aromatic N) is 3. The van der Waals surface area contributed by atoms with Gasteiger partial charge in [0.05, 0.1) is 18.2 Å². The van der Waals surface area contributed by atoms with E-state index in [-0.39, 0.29) is 11.9 Å². The van der Waals surface area contributed by atoms with Crippen molar-refractivity contribution in [1.29, 1.82) is 0 Å². The van der Waals surface area contributed by atoms with Crippen molar-refractivity contribution in [2.75, 3.05) is 52.4 Å². The number of rotatable bonds is 9. The summed E-state index contributed by atoms with van der Waals surface area (Å²) in [6, 6.07) is 25.4. The standard InChI is InChI=1S/C31H37N3O2/c1-3-32(4-2)18-11-23-36-29-17-10-9-16-28(29)31(35)34-21-19-33(20-22-34)30-26-14-7-5-12-24(26)25-13-6-8-15-27(25)30/h5-10,12-17,30H,3-4,11,18-23H2,1-2H3. The Bertz CT molecular complexity index is 1140. The number of ether oxygens (including phenoxy) is 1. The molecule has 36 heavy (non-hydrogen) atoms. The molecule has 0 unspecified atom stereocenters. The fourth-order valence-electron chi connectivity index (χ4n) is 5.66. The lowest BCUT2D eigenvalue weighted by molar-refractivity contribution is 0.0596. The highest BCUT2D eigenvalue weighted by Crippen LogP contribution is 2.46. The zero-order valence-corrected chi connectivity index (χ0v) is 21.5. The molecular weight excluding hydrogens is 446 g/mol. The highest BCUT2D eigenvalue weighted by molar-refractivity contribution is 5.97. The van der Waals surface area contributed by atoms with Crippen LogP contribution in [0.5, 0.6) is 5.75 Å². The van der Waals surface area contributed by atoms with E-state index in [4.69, 9.17) is 4.74 Å². The molecule has 0 radical (unpaired) electrons. The third-order valence-electron chi connectivity index (χ3n) is 7.66. The maximum absolute atomic E-state index is 13.5. The maximum Gasteiger partial charge on any atom is 0.257 e. The van der Waals surface area contributed by atoms with Gasteiger partial charge < -0.3 is 14.5 Å². The molecule has 5 nitrogen and oxygen atoms in total. The van der Waals surface area contributed by atoms with Gasteiger partial charge in [0.1, 0.15) is 5.75 Å². The fraction of sp³-hybridized carbons (Fsp3) is 0.387. The zero-order chi connectivity index (χ0) is 24.9. The summed E-state index contributed by atoms with van der Waals surface area (Å²) in [5, 5.41) is 0. The minimum atomic E-state index is 0.0706. The van der Waals surface area contributed by atoms with Gasteiger partial charge in [-0.05, 0) is 53.9 Å². The van der Waals surface area contributed by atoms with Gasteiger partial charge in [0.15, 0.2) is 0 Å². The first-order valence-corrected chi connectivity index (χ1v) is 13.4. The van der Waals surface area contributed by atoms with Crippen molar-refractivity contribution in [3.63, 3.8) is 0 Å². The first kappa shape index (κ1) is 24.5. The summed E-state index contributed by atoms with van der Waals surface area (Å²) in [6.07, 6.45) is 0.952. The van der Waals surface area contributed by atoms with Crippen molar-refractivity contribution in [3.8, 4) is 16.9 Å². The number of fused-ring (bicyclic) bond motifs is 3. The number of para-hydroxylation sites is 1.